The molecule has 1 aliphatic carbocycles. The molecule has 2 atom stereocenters. The maximum Gasteiger partial charge on any atom is 0.222 e. The van der Waals surface area contributed by atoms with Gasteiger partial charge in [0.15, 0.2) is 0 Å². The van der Waals surface area contributed by atoms with Gasteiger partial charge in [0, 0.05) is 11.9 Å². The first-order valence-corrected chi connectivity index (χ1v) is 7.73. The quantitative estimate of drug-likeness (QED) is 0.871. The normalized spacial score (nSPS) is 25.8. The van der Waals surface area contributed by atoms with Crippen LogP contribution in [0.25, 0.3) is 10.9 Å². The lowest BCUT2D eigenvalue weighted by Crippen LogP contribution is -2.53. The Kier molecular flexibility index (Phi) is 3.15. The number of ether oxygens (including phenoxy) is 1. The summed E-state index contributed by atoms with van der Waals surface area (Å²) in [5, 5.41) is 1.08. The van der Waals surface area contributed by atoms with E-state index in [9.17, 15) is 0 Å². The molecule has 2 N–H and O–H groups in total. The van der Waals surface area contributed by atoms with E-state index in [2.05, 4.69) is 20.9 Å². The summed E-state index contributed by atoms with van der Waals surface area (Å²) in [6.07, 6.45) is 5.19. The molecular weight excluding hydrogens is 264 g/mol. The van der Waals surface area contributed by atoms with E-state index in [-0.39, 0.29) is 0 Å². The lowest BCUT2D eigenvalue weighted by molar-refractivity contribution is -0.00886. The molecule has 5 heteroatoms. The molecule has 0 bridgehead atoms. The number of hydrogen-bond donors (Lipinski definition) is 1. The molecule has 2 aliphatic rings. The Morgan fingerprint density at radius 3 is 2.95 bits per heavy atom. The molecule has 2 unspecified atom stereocenters. The zero-order valence-corrected chi connectivity index (χ0v) is 12.0. The van der Waals surface area contributed by atoms with Gasteiger partial charge in [-0.2, -0.15) is 4.98 Å². The zero-order chi connectivity index (χ0) is 14.2. The van der Waals surface area contributed by atoms with Crippen molar-refractivity contribution < 1.29 is 4.74 Å². The van der Waals surface area contributed by atoms with Crippen molar-refractivity contribution in [1.82, 2.24) is 9.97 Å². The van der Waals surface area contributed by atoms with Crippen molar-refractivity contribution in [2.75, 3.05) is 23.8 Å². The standard InChI is InChI=1S/C16H20N4O/c17-16-18-12-6-2-1-5-11(12)15(19-16)20-9-10-21-14-8-4-3-7-13(14)20/h1-2,5-6,13-14H,3-4,7-10H2,(H2,17,18,19). The van der Waals surface area contributed by atoms with Crippen LogP contribution in [0.3, 0.4) is 0 Å². The number of nitrogens with two attached hydrogens (primary N) is 1. The van der Waals surface area contributed by atoms with E-state index >= 15 is 0 Å². The molecule has 1 aromatic heterocycles. The van der Waals surface area contributed by atoms with Crippen LogP contribution in [0.1, 0.15) is 25.7 Å². The largest absolute Gasteiger partial charge is 0.374 e. The third-order valence-electron chi connectivity index (χ3n) is 4.60. The van der Waals surface area contributed by atoms with Gasteiger partial charge in [0.25, 0.3) is 0 Å². The van der Waals surface area contributed by atoms with Gasteiger partial charge in [0.1, 0.15) is 5.82 Å². The highest BCUT2D eigenvalue weighted by atomic mass is 16.5. The van der Waals surface area contributed by atoms with E-state index in [1.54, 1.807) is 0 Å². The van der Waals surface area contributed by atoms with Gasteiger partial charge >= 0.3 is 0 Å². The Labute approximate surface area is 124 Å². The molecule has 0 amide bonds. The number of fused-ring (bicyclic) bond motifs is 2. The molecule has 1 saturated carbocycles. The molecule has 0 spiro atoms. The molecule has 0 radical (unpaired) electrons. The second-order valence-electron chi connectivity index (χ2n) is 5.88. The van der Waals surface area contributed by atoms with E-state index in [0.717, 1.165) is 36.3 Å². The molecule has 110 valence electrons. The number of rotatable bonds is 1. The van der Waals surface area contributed by atoms with Gasteiger partial charge in [0.2, 0.25) is 5.95 Å². The van der Waals surface area contributed by atoms with E-state index in [0.29, 0.717) is 18.1 Å². The first kappa shape index (κ1) is 12.8. The van der Waals surface area contributed by atoms with Crippen LogP contribution in [-0.4, -0.2) is 35.3 Å². The average Bonchev–Trinajstić information content (AvgIpc) is 2.53. The van der Waals surface area contributed by atoms with Crippen LogP contribution in [0.2, 0.25) is 0 Å². The summed E-state index contributed by atoms with van der Waals surface area (Å²) in [5.74, 6) is 1.32. The number of anilines is 2. The fourth-order valence-electron chi connectivity index (χ4n) is 3.66. The summed E-state index contributed by atoms with van der Waals surface area (Å²) in [6.45, 7) is 1.64. The van der Waals surface area contributed by atoms with Crippen LogP contribution in [0.15, 0.2) is 24.3 Å². The highest BCUT2D eigenvalue weighted by Gasteiger charge is 2.35. The number of nitrogens with zero attached hydrogens (tertiary/aromatic N) is 3. The van der Waals surface area contributed by atoms with Crippen LogP contribution in [0, 0.1) is 0 Å². The first-order chi connectivity index (χ1) is 10.3. The third-order valence-corrected chi connectivity index (χ3v) is 4.60. The highest BCUT2D eigenvalue weighted by Crippen LogP contribution is 2.34. The number of benzene rings is 1. The second-order valence-corrected chi connectivity index (χ2v) is 5.88. The first-order valence-electron chi connectivity index (χ1n) is 7.73. The van der Waals surface area contributed by atoms with E-state index in [4.69, 9.17) is 10.5 Å². The molecule has 2 aromatic rings. The summed E-state index contributed by atoms with van der Waals surface area (Å²) >= 11 is 0. The van der Waals surface area contributed by atoms with Crippen molar-refractivity contribution in [3.05, 3.63) is 24.3 Å². The third kappa shape index (κ3) is 2.21. The molecule has 5 nitrogen and oxygen atoms in total. The topological polar surface area (TPSA) is 64.3 Å². The number of para-hydroxylation sites is 1. The molecular formula is C16H20N4O. The summed E-state index contributed by atoms with van der Waals surface area (Å²) in [6, 6.07) is 8.52. The van der Waals surface area contributed by atoms with Gasteiger partial charge < -0.3 is 15.4 Å². The van der Waals surface area contributed by atoms with Gasteiger partial charge in [-0.15, -0.1) is 0 Å². The molecule has 21 heavy (non-hydrogen) atoms. The van der Waals surface area contributed by atoms with Crippen LogP contribution in [-0.2, 0) is 4.74 Å². The van der Waals surface area contributed by atoms with Crippen LogP contribution in [0.4, 0.5) is 11.8 Å². The Hall–Kier alpha value is -1.88. The molecule has 1 aliphatic heterocycles. The molecule has 4 rings (SSSR count). The van der Waals surface area contributed by atoms with Gasteiger partial charge in [-0.25, -0.2) is 4.98 Å². The summed E-state index contributed by atoms with van der Waals surface area (Å²) < 4.78 is 5.96. The van der Waals surface area contributed by atoms with Crippen molar-refractivity contribution in [2.24, 2.45) is 0 Å². The van der Waals surface area contributed by atoms with E-state index in [1.807, 2.05) is 18.2 Å². The highest BCUT2D eigenvalue weighted by molar-refractivity contribution is 5.90. The van der Waals surface area contributed by atoms with Gasteiger partial charge in [-0.3, -0.25) is 0 Å². The van der Waals surface area contributed by atoms with Crippen molar-refractivity contribution in [3.63, 3.8) is 0 Å². The maximum absolute atomic E-state index is 5.96. The second kappa shape index (κ2) is 5.15. The van der Waals surface area contributed by atoms with Gasteiger partial charge in [-0.1, -0.05) is 25.0 Å². The minimum absolute atomic E-state index is 0.336. The van der Waals surface area contributed by atoms with Crippen molar-refractivity contribution in [3.8, 4) is 0 Å². The summed E-state index contributed by atoms with van der Waals surface area (Å²) in [4.78, 5) is 11.3. The predicted octanol–water partition coefficient (Wildman–Crippen LogP) is 2.36. The SMILES string of the molecule is Nc1nc(N2CCOC3CCCCC32)c2ccccc2n1. The molecule has 1 saturated heterocycles. The lowest BCUT2D eigenvalue weighted by atomic mass is 9.90. The summed E-state index contributed by atoms with van der Waals surface area (Å²) in [5.41, 5.74) is 6.83. The van der Waals surface area contributed by atoms with Crippen molar-refractivity contribution in [2.45, 2.75) is 37.8 Å². The monoisotopic (exact) mass is 284 g/mol. The molecule has 2 heterocycles. The number of hydrogen-bond acceptors (Lipinski definition) is 5. The Morgan fingerprint density at radius 2 is 2.00 bits per heavy atom. The maximum atomic E-state index is 5.96. The summed E-state index contributed by atoms with van der Waals surface area (Å²) in [7, 11) is 0. The molecule has 1 aromatic carbocycles. The molecule has 2 fully saturated rings. The van der Waals surface area contributed by atoms with E-state index < -0.39 is 0 Å². The van der Waals surface area contributed by atoms with Crippen LogP contribution in [0.5, 0.6) is 0 Å². The fourth-order valence-corrected chi connectivity index (χ4v) is 3.66. The van der Waals surface area contributed by atoms with Crippen molar-refractivity contribution in [1.29, 1.82) is 0 Å². The lowest BCUT2D eigenvalue weighted by Gasteiger charge is -2.44. The van der Waals surface area contributed by atoms with Crippen molar-refractivity contribution >= 4 is 22.7 Å². The average molecular weight is 284 g/mol. The minimum atomic E-state index is 0.336. The zero-order valence-electron chi connectivity index (χ0n) is 12.0. The minimum Gasteiger partial charge on any atom is -0.374 e. The van der Waals surface area contributed by atoms with Gasteiger partial charge in [0.05, 0.1) is 24.3 Å². The Bertz CT molecular complexity index is 658. The van der Waals surface area contributed by atoms with Gasteiger partial charge in [-0.05, 0) is 25.0 Å². The fraction of sp³-hybridized carbons (Fsp3) is 0.500. The predicted molar refractivity (Wildman–Crippen MR) is 83.3 cm³/mol. The number of nitrogen functional groups attached to an aromatic ring is 1. The smallest absolute Gasteiger partial charge is 0.222 e. The Morgan fingerprint density at radius 1 is 1.14 bits per heavy atom. The van der Waals surface area contributed by atoms with E-state index in [1.165, 1.54) is 19.3 Å². The van der Waals surface area contributed by atoms with Crippen LogP contribution >= 0.6 is 0 Å². The Balaban J connectivity index is 1.81. The van der Waals surface area contributed by atoms with Crippen LogP contribution < -0.4 is 10.6 Å². The number of morpholine rings is 1. The number of aromatic nitrogens is 2.